The molecule has 0 aliphatic carbocycles. The highest BCUT2D eigenvalue weighted by atomic mass is 16.3. The Morgan fingerprint density at radius 1 is 0.750 bits per heavy atom. The normalized spacial score (nSPS) is 10.8. The monoisotopic (exact) mass is 266 g/mol. The Balaban J connectivity index is 2.03. The quantitative estimate of drug-likeness (QED) is 0.664. The van der Waals surface area contributed by atoms with E-state index in [1.165, 1.54) is 0 Å². The third kappa shape index (κ3) is 2.26. The van der Waals surface area contributed by atoms with Crippen molar-refractivity contribution >= 4 is 10.8 Å². The van der Waals surface area contributed by atoms with Crippen LogP contribution in [0.25, 0.3) is 10.8 Å². The average molecular weight is 266 g/mol. The van der Waals surface area contributed by atoms with E-state index in [-0.39, 0.29) is 17.2 Å². The van der Waals surface area contributed by atoms with Crippen molar-refractivity contribution in [2.45, 2.75) is 6.42 Å². The molecule has 0 amide bonds. The number of phenolic OH excluding ortho intramolecular Hbond substituents is 3. The predicted octanol–water partition coefficient (Wildman–Crippen LogP) is 3.55. The lowest BCUT2D eigenvalue weighted by atomic mass is 9.99. The Bertz CT molecular complexity index is 761. The summed E-state index contributed by atoms with van der Waals surface area (Å²) in [5, 5.41) is 30.7. The molecule has 3 aromatic carbocycles. The fraction of sp³-hybridized carbons (Fsp3) is 0.0588. The van der Waals surface area contributed by atoms with Gasteiger partial charge in [0.25, 0.3) is 0 Å². The van der Waals surface area contributed by atoms with Crippen LogP contribution in [0.5, 0.6) is 17.2 Å². The highest BCUT2D eigenvalue weighted by Crippen LogP contribution is 2.32. The van der Waals surface area contributed by atoms with Gasteiger partial charge in [0.15, 0.2) is 0 Å². The van der Waals surface area contributed by atoms with Crippen LogP contribution in [0.2, 0.25) is 0 Å². The maximum Gasteiger partial charge on any atom is 0.123 e. The van der Waals surface area contributed by atoms with Crippen molar-refractivity contribution in [1.82, 2.24) is 0 Å². The summed E-state index contributed by atoms with van der Waals surface area (Å²) in [6, 6.07) is 15.6. The second-order valence-electron chi connectivity index (χ2n) is 4.82. The van der Waals surface area contributed by atoms with Crippen LogP contribution >= 0.6 is 0 Å². The lowest BCUT2D eigenvalue weighted by molar-refractivity contribution is 0.467. The molecule has 0 aromatic heterocycles. The summed E-state index contributed by atoms with van der Waals surface area (Å²) in [5.74, 6) is 0.544. The van der Waals surface area contributed by atoms with Gasteiger partial charge in [0.05, 0.1) is 0 Å². The Hall–Kier alpha value is -2.68. The van der Waals surface area contributed by atoms with Gasteiger partial charge in [0, 0.05) is 11.8 Å². The molecule has 0 bridgehead atoms. The van der Waals surface area contributed by atoms with E-state index < -0.39 is 0 Å². The molecule has 3 nitrogen and oxygen atoms in total. The van der Waals surface area contributed by atoms with Crippen molar-refractivity contribution in [1.29, 1.82) is 0 Å². The lowest BCUT2D eigenvalue weighted by Gasteiger charge is -2.08. The number of rotatable bonds is 2. The van der Waals surface area contributed by atoms with Gasteiger partial charge in [-0.15, -0.1) is 0 Å². The molecule has 3 heteroatoms. The van der Waals surface area contributed by atoms with Crippen LogP contribution in [0.15, 0.2) is 54.6 Å². The summed E-state index contributed by atoms with van der Waals surface area (Å²) in [6.45, 7) is 0. The van der Waals surface area contributed by atoms with E-state index in [0.29, 0.717) is 11.8 Å². The topological polar surface area (TPSA) is 60.7 Å². The molecule has 0 saturated carbocycles. The van der Waals surface area contributed by atoms with Gasteiger partial charge in [0.1, 0.15) is 17.2 Å². The zero-order chi connectivity index (χ0) is 14.1. The van der Waals surface area contributed by atoms with E-state index in [9.17, 15) is 15.3 Å². The van der Waals surface area contributed by atoms with Crippen LogP contribution in [-0.4, -0.2) is 15.3 Å². The molecule has 3 aromatic rings. The Morgan fingerprint density at radius 2 is 1.50 bits per heavy atom. The Kier molecular flexibility index (Phi) is 2.95. The van der Waals surface area contributed by atoms with E-state index in [1.807, 2.05) is 24.3 Å². The molecule has 0 aliphatic rings. The van der Waals surface area contributed by atoms with Gasteiger partial charge in [-0.3, -0.25) is 0 Å². The molecule has 0 atom stereocenters. The summed E-state index contributed by atoms with van der Waals surface area (Å²) in [5.41, 5.74) is 1.78. The third-order valence-electron chi connectivity index (χ3n) is 3.39. The molecule has 0 aliphatic heterocycles. The van der Waals surface area contributed by atoms with Crippen LogP contribution in [0.4, 0.5) is 0 Å². The zero-order valence-electron chi connectivity index (χ0n) is 10.7. The fourth-order valence-corrected chi connectivity index (χ4v) is 2.32. The number of fused-ring (bicyclic) bond motifs is 1. The van der Waals surface area contributed by atoms with E-state index >= 15 is 0 Å². The standard InChI is InChI=1S/C17H14O3/c18-14-6-4-11(5-7-14)8-13-9-12-2-1-3-16(19)15(12)10-17(13)20/h1-7,9-10,18-20H,8H2. The lowest BCUT2D eigenvalue weighted by Crippen LogP contribution is -1.89. The SMILES string of the molecule is Oc1ccc(Cc2cc3cccc(O)c3cc2O)cc1. The summed E-state index contributed by atoms with van der Waals surface area (Å²) < 4.78 is 0. The van der Waals surface area contributed by atoms with E-state index in [4.69, 9.17) is 0 Å². The smallest absolute Gasteiger partial charge is 0.123 e. The van der Waals surface area contributed by atoms with Crippen LogP contribution < -0.4 is 0 Å². The number of hydrogen-bond acceptors (Lipinski definition) is 3. The Labute approximate surface area is 116 Å². The van der Waals surface area contributed by atoms with Gasteiger partial charge in [-0.2, -0.15) is 0 Å². The molecular formula is C17H14O3. The summed E-state index contributed by atoms with van der Waals surface area (Å²) in [4.78, 5) is 0. The number of benzene rings is 3. The van der Waals surface area contributed by atoms with Gasteiger partial charge in [-0.1, -0.05) is 24.3 Å². The summed E-state index contributed by atoms with van der Waals surface area (Å²) in [7, 11) is 0. The molecule has 0 spiro atoms. The van der Waals surface area contributed by atoms with Crippen molar-refractivity contribution in [2.24, 2.45) is 0 Å². The van der Waals surface area contributed by atoms with Gasteiger partial charge in [-0.05, 0) is 46.8 Å². The first-order valence-electron chi connectivity index (χ1n) is 6.35. The molecule has 3 rings (SSSR count). The molecule has 0 unspecified atom stereocenters. The number of phenols is 3. The van der Waals surface area contributed by atoms with E-state index in [2.05, 4.69) is 0 Å². The maximum atomic E-state index is 10.1. The fourth-order valence-electron chi connectivity index (χ4n) is 2.32. The minimum Gasteiger partial charge on any atom is -0.508 e. The molecule has 0 heterocycles. The minimum atomic E-state index is 0.159. The van der Waals surface area contributed by atoms with Crippen molar-refractivity contribution in [3.05, 3.63) is 65.7 Å². The van der Waals surface area contributed by atoms with Crippen LogP contribution in [0.1, 0.15) is 11.1 Å². The predicted molar refractivity (Wildman–Crippen MR) is 78.2 cm³/mol. The number of hydrogen-bond donors (Lipinski definition) is 3. The molecular weight excluding hydrogens is 252 g/mol. The van der Waals surface area contributed by atoms with Gasteiger partial charge < -0.3 is 15.3 Å². The van der Waals surface area contributed by atoms with Gasteiger partial charge in [-0.25, -0.2) is 0 Å². The molecule has 0 radical (unpaired) electrons. The van der Waals surface area contributed by atoms with Crippen molar-refractivity contribution in [3.63, 3.8) is 0 Å². The first-order chi connectivity index (χ1) is 9.63. The number of aromatic hydroxyl groups is 3. The molecule has 20 heavy (non-hydrogen) atoms. The van der Waals surface area contributed by atoms with Crippen molar-refractivity contribution < 1.29 is 15.3 Å². The van der Waals surface area contributed by atoms with Crippen molar-refractivity contribution in [3.8, 4) is 17.2 Å². The maximum absolute atomic E-state index is 10.1. The van der Waals surface area contributed by atoms with Gasteiger partial charge >= 0.3 is 0 Å². The first kappa shape index (κ1) is 12.4. The van der Waals surface area contributed by atoms with E-state index in [0.717, 1.165) is 16.5 Å². The summed E-state index contributed by atoms with van der Waals surface area (Å²) >= 11 is 0. The minimum absolute atomic E-state index is 0.159. The van der Waals surface area contributed by atoms with Crippen molar-refractivity contribution in [2.75, 3.05) is 0 Å². The first-order valence-corrected chi connectivity index (χ1v) is 6.35. The Morgan fingerprint density at radius 3 is 2.25 bits per heavy atom. The van der Waals surface area contributed by atoms with Crippen LogP contribution in [-0.2, 0) is 6.42 Å². The largest absolute Gasteiger partial charge is 0.508 e. The molecule has 0 fully saturated rings. The highest BCUT2D eigenvalue weighted by Gasteiger charge is 2.07. The van der Waals surface area contributed by atoms with Crippen LogP contribution in [0, 0.1) is 0 Å². The van der Waals surface area contributed by atoms with E-state index in [1.54, 1.807) is 30.3 Å². The highest BCUT2D eigenvalue weighted by molar-refractivity contribution is 5.90. The molecule has 0 saturated heterocycles. The second kappa shape index (κ2) is 4.78. The summed E-state index contributed by atoms with van der Waals surface area (Å²) in [6.07, 6.45) is 0.567. The molecule has 100 valence electrons. The zero-order valence-corrected chi connectivity index (χ0v) is 10.7. The van der Waals surface area contributed by atoms with Crippen LogP contribution in [0.3, 0.4) is 0 Å². The van der Waals surface area contributed by atoms with Gasteiger partial charge in [0.2, 0.25) is 0 Å². The average Bonchev–Trinajstić information content (AvgIpc) is 2.43. The third-order valence-corrected chi connectivity index (χ3v) is 3.39. The molecule has 3 N–H and O–H groups in total. The second-order valence-corrected chi connectivity index (χ2v) is 4.82.